The number of hydrogen-bond donors (Lipinski definition) is 0. The first-order chi connectivity index (χ1) is 6.53. The molecule has 0 aromatic heterocycles. The first kappa shape index (κ1) is 11.5. The number of rotatable bonds is 3. The molecule has 0 heterocycles. The Morgan fingerprint density at radius 3 is 2.29 bits per heavy atom. The van der Waals surface area contributed by atoms with Crippen LogP contribution < -0.4 is 0 Å². The van der Waals surface area contributed by atoms with Crippen LogP contribution in [-0.2, 0) is 0 Å². The topological polar surface area (TPSA) is 0 Å². The second-order valence-electron chi connectivity index (χ2n) is 4.08. The Morgan fingerprint density at radius 2 is 1.86 bits per heavy atom. The molecule has 1 rings (SSSR count). The lowest BCUT2D eigenvalue weighted by Crippen LogP contribution is -2.16. The van der Waals surface area contributed by atoms with Gasteiger partial charge in [0.15, 0.2) is 7.38 Å². The molecule has 0 N–H and O–H groups in total. The van der Waals surface area contributed by atoms with Crippen molar-refractivity contribution in [1.29, 1.82) is 0 Å². The maximum absolute atomic E-state index is 6.35. The number of halogens is 1. The van der Waals surface area contributed by atoms with Crippen molar-refractivity contribution < 1.29 is 0 Å². The van der Waals surface area contributed by atoms with E-state index in [2.05, 4.69) is 50.4 Å². The second-order valence-corrected chi connectivity index (χ2v) is 10.9. The maximum Gasteiger partial charge on any atom is 0.154 e. The highest BCUT2D eigenvalue weighted by atomic mass is 35.6. The molecule has 0 radical (unpaired) electrons. The van der Waals surface area contributed by atoms with Gasteiger partial charge in [-0.2, -0.15) is 11.1 Å². The highest BCUT2D eigenvalue weighted by Crippen LogP contribution is 2.27. The molecule has 0 saturated carbocycles. The maximum atomic E-state index is 6.35. The Labute approximate surface area is 92.3 Å². The predicted molar refractivity (Wildman–Crippen MR) is 68.2 cm³/mol. The molecule has 0 aliphatic carbocycles. The summed E-state index contributed by atoms with van der Waals surface area (Å²) in [7, 11) is -1.52. The fraction of sp³-hybridized carbons (Fsp3) is 0.333. The summed E-state index contributed by atoms with van der Waals surface area (Å²) in [5.41, 5.74) is 2.67. The standard InChI is InChI=1S/C12H17ClSi/c1-4-11(10-14(2,3)13)12-8-6-5-7-9-12/h4-9H,10H2,1-3H3/b11-4+. The van der Waals surface area contributed by atoms with Crippen molar-refractivity contribution in [3.05, 3.63) is 42.0 Å². The Morgan fingerprint density at radius 1 is 1.29 bits per heavy atom. The highest BCUT2D eigenvalue weighted by molar-refractivity contribution is 7.19. The normalized spacial score (nSPS) is 13.0. The van der Waals surface area contributed by atoms with E-state index in [4.69, 9.17) is 11.1 Å². The van der Waals surface area contributed by atoms with Crippen LogP contribution in [0.5, 0.6) is 0 Å². The van der Waals surface area contributed by atoms with Crippen LogP contribution in [0.25, 0.3) is 5.57 Å². The molecule has 0 atom stereocenters. The molecule has 14 heavy (non-hydrogen) atoms. The van der Waals surface area contributed by atoms with Gasteiger partial charge in [0.1, 0.15) is 0 Å². The van der Waals surface area contributed by atoms with Gasteiger partial charge < -0.3 is 0 Å². The molecule has 0 amide bonds. The zero-order valence-electron chi connectivity index (χ0n) is 9.05. The second kappa shape index (κ2) is 4.81. The van der Waals surface area contributed by atoms with E-state index < -0.39 is 7.38 Å². The van der Waals surface area contributed by atoms with Gasteiger partial charge in [-0.25, -0.2) is 0 Å². The number of hydrogen-bond acceptors (Lipinski definition) is 0. The predicted octanol–water partition coefficient (Wildman–Crippen LogP) is 4.53. The highest BCUT2D eigenvalue weighted by Gasteiger charge is 2.19. The van der Waals surface area contributed by atoms with Crippen LogP contribution in [-0.4, -0.2) is 7.38 Å². The lowest BCUT2D eigenvalue weighted by atomic mass is 10.1. The molecule has 1 aromatic rings. The molecule has 0 spiro atoms. The van der Waals surface area contributed by atoms with E-state index in [9.17, 15) is 0 Å². The van der Waals surface area contributed by atoms with E-state index in [1.807, 2.05) is 6.07 Å². The van der Waals surface area contributed by atoms with Crippen LogP contribution in [0.4, 0.5) is 0 Å². The minimum atomic E-state index is -1.52. The van der Waals surface area contributed by atoms with E-state index in [0.717, 1.165) is 6.04 Å². The summed E-state index contributed by atoms with van der Waals surface area (Å²) in [4.78, 5) is 0. The van der Waals surface area contributed by atoms with Gasteiger partial charge in [0.05, 0.1) is 0 Å². The monoisotopic (exact) mass is 224 g/mol. The number of benzene rings is 1. The zero-order valence-corrected chi connectivity index (χ0v) is 10.8. The third-order valence-electron chi connectivity index (χ3n) is 2.10. The molecule has 2 heteroatoms. The molecule has 0 saturated heterocycles. The van der Waals surface area contributed by atoms with Crippen molar-refractivity contribution in [2.45, 2.75) is 26.1 Å². The van der Waals surface area contributed by atoms with E-state index in [1.165, 1.54) is 11.1 Å². The molecule has 0 unspecified atom stereocenters. The van der Waals surface area contributed by atoms with Crippen LogP contribution in [0.3, 0.4) is 0 Å². The van der Waals surface area contributed by atoms with E-state index in [-0.39, 0.29) is 0 Å². The Hall–Kier alpha value is -0.533. The average molecular weight is 225 g/mol. The van der Waals surface area contributed by atoms with Gasteiger partial charge in [-0.1, -0.05) is 49.5 Å². The lowest BCUT2D eigenvalue weighted by Gasteiger charge is -2.15. The Bertz CT molecular complexity index is 309. The quantitative estimate of drug-likeness (QED) is 0.523. The van der Waals surface area contributed by atoms with Crippen molar-refractivity contribution in [3.8, 4) is 0 Å². The van der Waals surface area contributed by atoms with E-state index >= 15 is 0 Å². The summed E-state index contributed by atoms with van der Waals surface area (Å²) in [6.45, 7) is 6.45. The van der Waals surface area contributed by atoms with Gasteiger partial charge >= 0.3 is 0 Å². The zero-order chi connectivity index (χ0) is 10.6. The van der Waals surface area contributed by atoms with Crippen molar-refractivity contribution >= 4 is 24.0 Å². The van der Waals surface area contributed by atoms with E-state index in [1.54, 1.807) is 0 Å². The molecule has 76 valence electrons. The first-order valence-electron chi connectivity index (χ1n) is 4.92. The smallest absolute Gasteiger partial charge is 0.154 e. The molecule has 0 nitrogen and oxygen atoms in total. The molecule has 0 aliphatic heterocycles. The minimum absolute atomic E-state index is 1.04. The summed E-state index contributed by atoms with van der Waals surface area (Å²) in [5.74, 6) is 0. The summed E-state index contributed by atoms with van der Waals surface area (Å²) in [6, 6.07) is 11.5. The van der Waals surface area contributed by atoms with Gasteiger partial charge in [0.25, 0.3) is 0 Å². The lowest BCUT2D eigenvalue weighted by molar-refractivity contribution is 1.50. The molecule has 1 aromatic carbocycles. The summed E-state index contributed by atoms with van der Waals surface area (Å²) < 4.78 is 0. The third kappa shape index (κ3) is 3.68. The third-order valence-corrected chi connectivity index (χ3v) is 3.73. The van der Waals surface area contributed by atoms with Crippen molar-refractivity contribution in [2.24, 2.45) is 0 Å². The minimum Gasteiger partial charge on any atom is -0.167 e. The van der Waals surface area contributed by atoms with Gasteiger partial charge in [0, 0.05) is 0 Å². The van der Waals surface area contributed by atoms with Crippen LogP contribution in [0.15, 0.2) is 36.4 Å². The van der Waals surface area contributed by atoms with Crippen molar-refractivity contribution in [2.75, 3.05) is 0 Å². The number of allylic oxidation sites excluding steroid dienone is 2. The van der Waals surface area contributed by atoms with Gasteiger partial charge in [-0.05, 0) is 24.1 Å². The average Bonchev–Trinajstić information content (AvgIpc) is 2.14. The fourth-order valence-corrected chi connectivity index (χ4v) is 3.22. The Kier molecular flexibility index (Phi) is 3.96. The molecule has 0 aliphatic rings. The van der Waals surface area contributed by atoms with Crippen molar-refractivity contribution in [3.63, 3.8) is 0 Å². The van der Waals surface area contributed by atoms with E-state index in [0.29, 0.717) is 0 Å². The molecular formula is C12H17ClSi. The molecule has 0 fully saturated rings. The summed E-state index contributed by atoms with van der Waals surface area (Å²) >= 11 is 6.35. The fourth-order valence-electron chi connectivity index (χ4n) is 1.48. The molecular weight excluding hydrogens is 208 g/mol. The van der Waals surface area contributed by atoms with Crippen LogP contribution in [0.2, 0.25) is 19.1 Å². The van der Waals surface area contributed by atoms with Gasteiger partial charge in [-0.3, -0.25) is 0 Å². The van der Waals surface area contributed by atoms with Gasteiger partial charge in [-0.15, -0.1) is 0 Å². The van der Waals surface area contributed by atoms with Gasteiger partial charge in [0.2, 0.25) is 0 Å². The summed E-state index contributed by atoms with van der Waals surface area (Å²) in [6.07, 6.45) is 2.17. The SMILES string of the molecule is C/C=C(\C[Si](C)(C)Cl)c1ccccc1. The van der Waals surface area contributed by atoms with Crippen molar-refractivity contribution in [1.82, 2.24) is 0 Å². The van der Waals surface area contributed by atoms with Crippen LogP contribution >= 0.6 is 11.1 Å². The van der Waals surface area contributed by atoms with Crippen LogP contribution in [0.1, 0.15) is 12.5 Å². The largest absolute Gasteiger partial charge is 0.167 e. The Balaban J connectivity index is 2.85. The van der Waals surface area contributed by atoms with Crippen LogP contribution in [0, 0.1) is 0 Å². The first-order valence-corrected chi connectivity index (χ1v) is 9.14. The molecule has 0 bridgehead atoms. The summed E-state index contributed by atoms with van der Waals surface area (Å²) in [5, 5.41) is 0.